The molecule has 0 spiro atoms. The average Bonchev–Trinajstić information content (AvgIpc) is 2.14. The van der Waals surface area contributed by atoms with Crippen LogP contribution in [0.2, 0.25) is 0 Å². The average molecular weight is 215 g/mol. The summed E-state index contributed by atoms with van der Waals surface area (Å²) >= 11 is 0. The zero-order chi connectivity index (χ0) is 11.5. The van der Waals surface area contributed by atoms with Crippen molar-refractivity contribution in [1.29, 1.82) is 0 Å². The van der Waals surface area contributed by atoms with Crippen molar-refractivity contribution in [2.75, 3.05) is 46.9 Å². The third kappa shape index (κ3) is 3.41. The van der Waals surface area contributed by atoms with Gasteiger partial charge in [-0.3, -0.25) is 4.90 Å². The summed E-state index contributed by atoms with van der Waals surface area (Å²) in [5, 5.41) is 12.7. The van der Waals surface area contributed by atoms with Crippen LogP contribution in [0.15, 0.2) is 0 Å². The van der Waals surface area contributed by atoms with Gasteiger partial charge >= 0.3 is 0 Å². The van der Waals surface area contributed by atoms with Gasteiger partial charge in [-0.25, -0.2) is 0 Å². The van der Waals surface area contributed by atoms with Gasteiger partial charge in [0.2, 0.25) is 0 Å². The number of aliphatic hydroxyl groups excluding tert-OH is 1. The van der Waals surface area contributed by atoms with Crippen LogP contribution in [0.5, 0.6) is 0 Å². The SMILES string of the molecule is CN(C)CCN1C(CO)CNCC1(C)C. The quantitative estimate of drug-likeness (QED) is 0.669. The minimum absolute atomic E-state index is 0.141. The largest absolute Gasteiger partial charge is 0.395 e. The van der Waals surface area contributed by atoms with Gasteiger partial charge in [0.25, 0.3) is 0 Å². The van der Waals surface area contributed by atoms with Crippen LogP contribution >= 0.6 is 0 Å². The summed E-state index contributed by atoms with van der Waals surface area (Å²) in [6.07, 6.45) is 0. The van der Waals surface area contributed by atoms with Crippen molar-refractivity contribution in [3.8, 4) is 0 Å². The van der Waals surface area contributed by atoms with E-state index in [2.05, 4.69) is 43.1 Å². The molecule has 2 N–H and O–H groups in total. The van der Waals surface area contributed by atoms with E-state index in [1.807, 2.05) is 0 Å². The van der Waals surface area contributed by atoms with Crippen molar-refractivity contribution >= 4 is 0 Å². The molecule has 4 nitrogen and oxygen atoms in total. The first-order valence-electron chi connectivity index (χ1n) is 5.70. The number of nitrogens with zero attached hydrogens (tertiary/aromatic N) is 2. The molecular weight excluding hydrogens is 190 g/mol. The van der Waals surface area contributed by atoms with E-state index in [1.165, 1.54) is 0 Å². The molecule has 0 saturated carbocycles. The van der Waals surface area contributed by atoms with E-state index in [0.29, 0.717) is 0 Å². The smallest absolute Gasteiger partial charge is 0.0599 e. The fourth-order valence-electron chi connectivity index (χ4n) is 2.21. The van der Waals surface area contributed by atoms with Crippen molar-refractivity contribution in [1.82, 2.24) is 15.1 Å². The van der Waals surface area contributed by atoms with Crippen LogP contribution in [-0.2, 0) is 0 Å². The fraction of sp³-hybridized carbons (Fsp3) is 1.00. The predicted molar refractivity (Wildman–Crippen MR) is 63.1 cm³/mol. The first-order chi connectivity index (χ1) is 6.97. The van der Waals surface area contributed by atoms with Crippen LogP contribution < -0.4 is 5.32 Å². The minimum atomic E-state index is 0.141. The Morgan fingerprint density at radius 1 is 1.47 bits per heavy atom. The highest BCUT2D eigenvalue weighted by atomic mass is 16.3. The molecule has 1 heterocycles. The molecule has 1 aliphatic heterocycles. The molecule has 15 heavy (non-hydrogen) atoms. The fourth-order valence-corrected chi connectivity index (χ4v) is 2.21. The number of aliphatic hydroxyl groups is 1. The number of rotatable bonds is 4. The summed E-state index contributed by atoms with van der Waals surface area (Å²) in [5.41, 5.74) is 0.141. The van der Waals surface area contributed by atoms with E-state index >= 15 is 0 Å². The molecule has 1 rings (SSSR count). The van der Waals surface area contributed by atoms with Crippen LogP contribution in [-0.4, -0.2) is 73.4 Å². The maximum Gasteiger partial charge on any atom is 0.0599 e. The van der Waals surface area contributed by atoms with Gasteiger partial charge in [-0.05, 0) is 27.9 Å². The van der Waals surface area contributed by atoms with Crippen molar-refractivity contribution < 1.29 is 5.11 Å². The summed E-state index contributed by atoms with van der Waals surface area (Å²) in [6, 6.07) is 0.258. The van der Waals surface area contributed by atoms with Crippen LogP contribution in [0, 0.1) is 0 Å². The standard InChI is InChI=1S/C11H25N3O/c1-11(2)9-12-7-10(8-15)14(11)6-5-13(3)4/h10,12,15H,5-9H2,1-4H3. The molecular formula is C11H25N3O. The molecule has 0 radical (unpaired) electrons. The number of likely N-dealkylation sites (N-methyl/N-ethyl adjacent to an activating group) is 1. The number of nitrogens with one attached hydrogen (secondary N) is 1. The molecule has 0 aromatic heterocycles. The van der Waals surface area contributed by atoms with Gasteiger partial charge in [-0.15, -0.1) is 0 Å². The third-order valence-corrected chi connectivity index (χ3v) is 3.15. The van der Waals surface area contributed by atoms with Gasteiger partial charge < -0.3 is 15.3 Å². The molecule has 0 aromatic rings. The van der Waals surface area contributed by atoms with E-state index in [0.717, 1.165) is 26.2 Å². The third-order valence-electron chi connectivity index (χ3n) is 3.15. The van der Waals surface area contributed by atoms with Gasteiger partial charge in [-0.2, -0.15) is 0 Å². The normalized spacial score (nSPS) is 27.2. The topological polar surface area (TPSA) is 38.7 Å². The lowest BCUT2D eigenvalue weighted by atomic mass is 9.96. The summed E-state index contributed by atoms with van der Waals surface area (Å²) in [4.78, 5) is 4.61. The molecule has 0 aromatic carbocycles. The molecule has 1 atom stereocenters. The summed E-state index contributed by atoms with van der Waals surface area (Å²) in [7, 11) is 4.17. The number of hydrogen-bond donors (Lipinski definition) is 2. The lowest BCUT2D eigenvalue weighted by Crippen LogP contribution is -2.64. The van der Waals surface area contributed by atoms with Crippen molar-refractivity contribution in [2.45, 2.75) is 25.4 Å². The van der Waals surface area contributed by atoms with Crippen molar-refractivity contribution in [3.05, 3.63) is 0 Å². The second kappa shape index (κ2) is 5.25. The predicted octanol–water partition coefficient (Wildman–Crippen LogP) is -0.407. The highest BCUT2D eigenvalue weighted by Crippen LogP contribution is 2.20. The molecule has 1 aliphatic rings. The molecule has 90 valence electrons. The Balaban J connectivity index is 2.59. The minimum Gasteiger partial charge on any atom is -0.395 e. The lowest BCUT2D eigenvalue weighted by Gasteiger charge is -2.48. The Kier molecular flexibility index (Phi) is 4.52. The van der Waals surface area contributed by atoms with E-state index in [1.54, 1.807) is 0 Å². The zero-order valence-electron chi connectivity index (χ0n) is 10.5. The highest BCUT2D eigenvalue weighted by Gasteiger charge is 2.35. The van der Waals surface area contributed by atoms with Crippen LogP contribution in [0.4, 0.5) is 0 Å². The van der Waals surface area contributed by atoms with Gasteiger partial charge in [0.15, 0.2) is 0 Å². The Morgan fingerprint density at radius 2 is 2.13 bits per heavy atom. The summed E-state index contributed by atoms with van der Waals surface area (Å²) < 4.78 is 0. The zero-order valence-corrected chi connectivity index (χ0v) is 10.5. The monoisotopic (exact) mass is 215 g/mol. The van der Waals surface area contributed by atoms with E-state index in [9.17, 15) is 5.11 Å². The molecule has 0 bridgehead atoms. The highest BCUT2D eigenvalue weighted by molar-refractivity contribution is 4.94. The second-order valence-electron chi connectivity index (χ2n) is 5.28. The molecule has 0 amide bonds. The molecule has 1 saturated heterocycles. The van der Waals surface area contributed by atoms with Gasteiger partial charge in [0.1, 0.15) is 0 Å². The molecule has 4 heteroatoms. The molecule has 1 fully saturated rings. The number of piperazine rings is 1. The second-order valence-corrected chi connectivity index (χ2v) is 5.28. The van der Waals surface area contributed by atoms with Gasteiger partial charge in [-0.1, -0.05) is 0 Å². The summed E-state index contributed by atoms with van der Waals surface area (Å²) in [6.45, 7) is 8.66. The Labute approximate surface area is 93.2 Å². The van der Waals surface area contributed by atoms with Crippen LogP contribution in [0.25, 0.3) is 0 Å². The van der Waals surface area contributed by atoms with Gasteiger partial charge in [0, 0.05) is 37.8 Å². The first kappa shape index (κ1) is 12.9. The van der Waals surface area contributed by atoms with Crippen LogP contribution in [0.1, 0.15) is 13.8 Å². The van der Waals surface area contributed by atoms with E-state index < -0.39 is 0 Å². The van der Waals surface area contributed by atoms with Crippen molar-refractivity contribution in [3.63, 3.8) is 0 Å². The maximum atomic E-state index is 9.36. The van der Waals surface area contributed by atoms with Crippen LogP contribution in [0.3, 0.4) is 0 Å². The number of hydrogen-bond acceptors (Lipinski definition) is 4. The van der Waals surface area contributed by atoms with Crippen molar-refractivity contribution in [2.24, 2.45) is 0 Å². The van der Waals surface area contributed by atoms with Gasteiger partial charge in [0.05, 0.1) is 6.61 Å². The first-order valence-corrected chi connectivity index (χ1v) is 5.70. The maximum absolute atomic E-state index is 9.36. The Morgan fingerprint density at radius 3 is 2.67 bits per heavy atom. The molecule has 1 unspecified atom stereocenters. The summed E-state index contributed by atoms with van der Waals surface area (Å²) in [5.74, 6) is 0. The molecule has 0 aliphatic carbocycles. The Hall–Kier alpha value is -0.160. The lowest BCUT2D eigenvalue weighted by molar-refractivity contribution is 0.00585. The van der Waals surface area contributed by atoms with E-state index in [4.69, 9.17) is 0 Å². The van der Waals surface area contributed by atoms with E-state index in [-0.39, 0.29) is 18.2 Å². The Bertz CT molecular complexity index is 194.